The Bertz CT molecular complexity index is 182. The van der Waals surface area contributed by atoms with Crippen LogP contribution in [0.2, 0.25) is 0 Å². The largest absolute Gasteiger partial charge is 0.328 e. The first-order chi connectivity index (χ1) is 6.31. The summed E-state index contributed by atoms with van der Waals surface area (Å²) in [5, 5.41) is 0. The third kappa shape index (κ3) is 4.00. The molecule has 1 aliphatic carbocycles. The molecule has 1 atom stereocenters. The number of hydrogen-bond acceptors (Lipinski definition) is 1. The van der Waals surface area contributed by atoms with Gasteiger partial charge in [-0.05, 0) is 42.9 Å². The maximum absolute atomic E-state index is 6.08. The molecule has 0 aromatic carbocycles. The Morgan fingerprint density at radius 3 is 2.14 bits per heavy atom. The Morgan fingerprint density at radius 2 is 1.50 bits per heavy atom. The van der Waals surface area contributed by atoms with Crippen molar-refractivity contribution in [2.75, 3.05) is 0 Å². The second-order valence-corrected chi connectivity index (χ2v) is 6.70. The molecule has 0 saturated heterocycles. The van der Waals surface area contributed by atoms with Crippen LogP contribution >= 0.6 is 0 Å². The molecule has 84 valence electrons. The van der Waals surface area contributed by atoms with Gasteiger partial charge >= 0.3 is 0 Å². The van der Waals surface area contributed by atoms with Crippen molar-refractivity contribution < 1.29 is 0 Å². The van der Waals surface area contributed by atoms with Crippen molar-refractivity contribution in [2.45, 2.75) is 72.3 Å². The molecule has 1 saturated carbocycles. The van der Waals surface area contributed by atoms with Crippen molar-refractivity contribution in [1.29, 1.82) is 0 Å². The highest BCUT2D eigenvalue weighted by Crippen LogP contribution is 2.41. The molecular weight excluding hydrogens is 170 g/mol. The Kier molecular flexibility index (Phi) is 3.63. The second-order valence-electron chi connectivity index (χ2n) is 6.70. The standard InChI is InChI=1S/C13H27N/c1-12(2)8-5-6-11(14)7-9-13(3,4)10-12/h11H,5-10,14H2,1-4H3. The molecule has 0 aromatic heterocycles. The van der Waals surface area contributed by atoms with Crippen LogP contribution in [0.4, 0.5) is 0 Å². The SMILES string of the molecule is CC1(C)CCCC(N)CCC(C)(C)C1. The Hall–Kier alpha value is -0.0400. The molecule has 1 aliphatic rings. The smallest absolute Gasteiger partial charge is 0.00390 e. The number of hydrogen-bond donors (Lipinski definition) is 1. The van der Waals surface area contributed by atoms with Gasteiger partial charge in [0, 0.05) is 6.04 Å². The molecule has 1 fully saturated rings. The van der Waals surface area contributed by atoms with Gasteiger partial charge in [0.15, 0.2) is 0 Å². The average molecular weight is 197 g/mol. The molecular formula is C13H27N. The van der Waals surface area contributed by atoms with Crippen LogP contribution in [0.5, 0.6) is 0 Å². The van der Waals surface area contributed by atoms with Crippen molar-refractivity contribution in [1.82, 2.24) is 0 Å². The van der Waals surface area contributed by atoms with E-state index in [0.29, 0.717) is 16.9 Å². The summed E-state index contributed by atoms with van der Waals surface area (Å²) in [6.45, 7) is 9.61. The minimum Gasteiger partial charge on any atom is -0.328 e. The first-order valence-corrected chi connectivity index (χ1v) is 6.06. The van der Waals surface area contributed by atoms with Crippen molar-refractivity contribution in [3.05, 3.63) is 0 Å². The van der Waals surface area contributed by atoms with Crippen molar-refractivity contribution in [3.63, 3.8) is 0 Å². The fourth-order valence-corrected chi connectivity index (χ4v) is 3.04. The zero-order chi connectivity index (χ0) is 10.8. The molecule has 1 heteroatoms. The fraction of sp³-hybridized carbons (Fsp3) is 1.00. The van der Waals surface area contributed by atoms with Crippen LogP contribution in [0, 0.1) is 10.8 Å². The molecule has 0 heterocycles. The Balaban J connectivity index is 2.65. The zero-order valence-electron chi connectivity index (χ0n) is 10.4. The maximum Gasteiger partial charge on any atom is 0.00390 e. The van der Waals surface area contributed by atoms with E-state index in [4.69, 9.17) is 5.73 Å². The lowest BCUT2D eigenvalue weighted by molar-refractivity contribution is 0.174. The molecule has 0 bridgehead atoms. The van der Waals surface area contributed by atoms with Crippen LogP contribution in [0.3, 0.4) is 0 Å². The van der Waals surface area contributed by atoms with Gasteiger partial charge in [-0.2, -0.15) is 0 Å². The lowest BCUT2D eigenvalue weighted by Gasteiger charge is -2.34. The predicted molar refractivity (Wildman–Crippen MR) is 63.2 cm³/mol. The monoisotopic (exact) mass is 197 g/mol. The van der Waals surface area contributed by atoms with E-state index in [9.17, 15) is 0 Å². The lowest BCUT2D eigenvalue weighted by Crippen LogP contribution is -2.24. The number of rotatable bonds is 0. The van der Waals surface area contributed by atoms with Crippen LogP contribution in [0.25, 0.3) is 0 Å². The topological polar surface area (TPSA) is 26.0 Å². The molecule has 0 aromatic rings. The summed E-state index contributed by atoms with van der Waals surface area (Å²) in [6.07, 6.45) is 7.71. The second kappa shape index (κ2) is 4.22. The molecule has 0 radical (unpaired) electrons. The quantitative estimate of drug-likeness (QED) is 0.629. The normalized spacial score (nSPS) is 32.8. The highest BCUT2D eigenvalue weighted by Gasteiger charge is 2.30. The van der Waals surface area contributed by atoms with Gasteiger partial charge in [0.05, 0.1) is 0 Å². The predicted octanol–water partition coefficient (Wildman–Crippen LogP) is 3.72. The summed E-state index contributed by atoms with van der Waals surface area (Å²) < 4.78 is 0. The minimum absolute atomic E-state index is 0.447. The van der Waals surface area contributed by atoms with Crippen LogP contribution in [0.15, 0.2) is 0 Å². The van der Waals surface area contributed by atoms with Crippen LogP contribution in [-0.2, 0) is 0 Å². The summed E-state index contributed by atoms with van der Waals surface area (Å²) in [7, 11) is 0. The molecule has 14 heavy (non-hydrogen) atoms. The first kappa shape index (κ1) is 12.0. The summed E-state index contributed by atoms with van der Waals surface area (Å²) >= 11 is 0. The van der Waals surface area contributed by atoms with Crippen molar-refractivity contribution in [3.8, 4) is 0 Å². The van der Waals surface area contributed by atoms with Crippen LogP contribution in [-0.4, -0.2) is 6.04 Å². The fourth-order valence-electron chi connectivity index (χ4n) is 3.04. The van der Waals surface area contributed by atoms with E-state index in [1.54, 1.807) is 0 Å². The van der Waals surface area contributed by atoms with Crippen LogP contribution < -0.4 is 5.73 Å². The molecule has 1 unspecified atom stereocenters. The molecule has 0 spiro atoms. The molecule has 0 amide bonds. The summed E-state index contributed by atoms with van der Waals surface area (Å²) in [4.78, 5) is 0. The van der Waals surface area contributed by atoms with Gasteiger partial charge in [-0.1, -0.05) is 34.1 Å². The Morgan fingerprint density at radius 1 is 0.929 bits per heavy atom. The average Bonchev–Trinajstić information content (AvgIpc) is 2.01. The molecule has 1 nitrogen and oxygen atoms in total. The molecule has 1 rings (SSSR count). The lowest BCUT2D eigenvalue weighted by atomic mass is 9.71. The van der Waals surface area contributed by atoms with E-state index < -0.39 is 0 Å². The maximum atomic E-state index is 6.08. The van der Waals surface area contributed by atoms with Gasteiger partial charge in [-0.25, -0.2) is 0 Å². The zero-order valence-corrected chi connectivity index (χ0v) is 10.4. The van der Waals surface area contributed by atoms with E-state index >= 15 is 0 Å². The molecule has 0 aliphatic heterocycles. The first-order valence-electron chi connectivity index (χ1n) is 6.06. The van der Waals surface area contributed by atoms with Crippen molar-refractivity contribution in [2.24, 2.45) is 16.6 Å². The van der Waals surface area contributed by atoms with Gasteiger partial charge in [0.1, 0.15) is 0 Å². The van der Waals surface area contributed by atoms with Crippen molar-refractivity contribution >= 4 is 0 Å². The summed E-state index contributed by atoms with van der Waals surface area (Å²) in [5.74, 6) is 0. The Labute approximate surface area is 89.5 Å². The molecule has 2 N–H and O–H groups in total. The highest BCUT2D eigenvalue weighted by molar-refractivity contribution is 4.83. The van der Waals surface area contributed by atoms with Gasteiger partial charge in [-0.3, -0.25) is 0 Å². The minimum atomic E-state index is 0.447. The van der Waals surface area contributed by atoms with Gasteiger partial charge in [-0.15, -0.1) is 0 Å². The van der Waals surface area contributed by atoms with E-state index in [0.717, 1.165) is 0 Å². The van der Waals surface area contributed by atoms with Gasteiger partial charge < -0.3 is 5.73 Å². The highest BCUT2D eigenvalue weighted by atomic mass is 14.6. The summed E-state index contributed by atoms with van der Waals surface area (Å²) in [6, 6.07) is 0.447. The van der Waals surface area contributed by atoms with Gasteiger partial charge in [0.2, 0.25) is 0 Å². The van der Waals surface area contributed by atoms with E-state index in [-0.39, 0.29) is 0 Å². The third-order valence-corrected chi connectivity index (χ3v) is 3.58. The van der Waals surface area contributed by atoms with Crippen LogP contribution in [0.1, 0.15) is 66.2 Å². The summed E-state index contributed by atoms with van der Waals surface area (Å²) in [5.41, 5.74) is 7.07. The number of nitrogens with two attached hydrogens (primary N) is 1. The van der Waals surface area contributed by atoms with E-state index in [1.165, 1.54) is 38.5 Å². The van der Waals surface area contributed by atoms with E-state index in [1.807, 2.05) is 0 Å². The third-order valence-electron chi connectivity index (χ3n) is 3.58. The van der Waals surface area contributed by atoms with Gasteiger partial charge in [0.25, 0.3) is 0 Å². The van der Waals surface area contributed by atoms with E-state index in [2.05, 4.69) is 27.7 Å².